The van der Waals surface area contributed by atoms with Gasteiger partial charge in [0.05, 0.1) is 11.1 Å². The van der Waals surface area contributed by atoms with E-state index in [0.29, 0.717) is 19.6 Å². The quantitative estimate of drug-likeness (QED) is 0.723. The fourth-order valence-electron chi connectivity index (χ4n) is 3.25. The van der Waals surface area contributed by atoms with Gasteiger partial charge in [0.15, 0.2) is 6.61 Å². The molecule has 2 amide bonds. The van der Waals surface area contributed by atoms with Crippen molar-refractivity contribution in [3.8, 4) is 0 Å². The van der Waals surface area contributed by atoms with Crippen LogP contribution in [0.5, 0.6) is 0 Å². The van der Waals surface area contributed by atoms with Crippen LogP contribution in [0.2, 0.25) is 0 Å². The van der Waals surface area contributed by atoms with Gasteiger partial charge >= 0.3 is 5.97 Å². The van der Waals surface area contributed by atoms with Gasteiger partial charge in [-0.3, -0.25) is 9.59 Å². The number of nitrogens with zero attached hydrogens (tertiary/aromatic N) is 2. The number of rotatable bonds is 6. The Labute approximate surface area is 164 Å². The Morgan fingerprint density at radius 2 is 1.54 bits per heavy atom. The molecule has 0 bridgehead atoms. The highest BCUT2D eigenvalue weighted by molar-refractivity contribution is 6.05. The van der Waals surface area contributed by atoms with Gasteiger partial charge in [-0.2, -0.15) is 0 Å². The van der Waals surface area contributed by atoms with Crippen molar-refractivity contribution in [2.45, 2.75) is 19.4 Å². The van der Waals surface area contributed by atoms with Crippen molar-refractivity contribution < 1.29 is 19.1 Å². The fourth-order valence-corrected chi connectivity index (χ4v) is 3.25. The SMILES string of the molecule is CN(Cc1ccccc1)C(=O)c1ccccc1C(=O)OCC(=O)N1CCCC1. The monoisotopic (exact) mass is 380 g/mol. The van der Waals surface area contributed by atoms with E-state index in [-0.39, 0.29) is 29.5 Å². The molecule has 2 aromatic rings. The predicted octanol–water partition coefficient (Wildman–Crippen LogP) is 2.74. The summed E-state index contributed by atoms with van der Waals surface area (Å²) in [4.78, 5) is 40.7. The number of esters is 1. The minimum absolute atomic E-state index is 0.168. The standard InChI is InChI=1S/C22H24N2O4/c1-23(15-17-9-3-2-4-10-17)21(26)18-11-5-6-12-19(18)22(27)28-16-20(25)24-13-7-8-14-24/h2-6,9-12H,7-8,13-16H2,1H3. The van der Waals surface area contributed by atoms with E-state index in [1.165, 1.54) is 0 Å². The number of ether oxygens (including phenoxy) is 1. The fraction of sp³-hybridized carbons (Fsp3) is 0.318. The number of likely N-dealkylation sites (tertiary alicyclic amines) is 1. The van der Waals surface area contributed by atoms with Crippen molar-refractivity contribution in [1.29, 1.82) is 0 Å². The van der Waals surface area contributed by atoms with Gasteiger partial charge in [-0.1, -0.05) is 42.5 Å². The minimum atomic E-state index is -0.662. The van der Waals surface area contributed by atoms with E-state index in [2.05, 4.69) is 0 Å². The molecule has 2 aromatic carbocycles. The second kappa shape index (κ2) is 9.17. The van der Waals surface area contributed by atoms with Crippen molar-refractivity contribution in [3.63, 3.8) is 0 Å². The van der Waals surface area contributed by atoms with E-state index < -0.39 is 5.97 Å². The van der Waals surface area contributed by atoms with E-state index in [1.54, 1.807) is 41.1 Å². The third-order valence-electron chi connectivity index (χ3n) is 4.77. The van der Waals surface area contributed by atoms with E-state index in [4.69, 9.17) is 4.74 Å². The smallest absolute Gasteiger partial charge is 0.339 e. The van der Waals surface area contributed by atoms with Crippen molar-refractivity contribution in [3.05, 3.63) is 71.3 Å². The summed E-state index contributed by atoms with van der Waals surface area (Å²) < 4.78 is 5.19. The maximum Gasteiger partial charge on any atom is 0.339 e. The zero-order valence-electron chi connectivity index (χ0n) is 16.0. The summed E-state index contributed by atoms with van der Waals surface area (Å²) in [6.45, 7) is 1.53. The zero-order chi connectivity index (χ0) is 19.9. The van der Waals surface area contributed by atoms with Crippen LogP contribution in [0.15, 0.2) is 54.6 Å². The third kappa shape index (κ3) is 4.76. The molecule has 6 heteroatoms. The molecule has 1 aliphatic heterocycles. The van der Waals surface area contributed by atoms with Gasteiger partial charge in [0.25, 0.3) is 11.8 Å². The first-order valence-corrected chi connectivity index (χ1v) is 9.39. The third-order valence-corrected chi connectivity index (χ3v) is 4.77. The molecule has 0 spiro atoms. The molecule has 1 aliphatic rings. The Balaban J connectivity index is 1.66. The Kier molecular flexibility index (Phi) is 6.42. The van der Waals surface area contributed by atoms with Gasteiger partial charge in [0.2, 0.25) is 0 Å². The summed E-state index contributed by atoms with van der Waals surface area (Å²) in [6, 6.07) is 16.1. The molecule has 1 saturated heterocycles. The Morgan fingerprint density at radius 3 is 2.21 bits per heavy atom. The second-order valence-electron chi connectivity index (χ2n) is 6.86. The molecule has 0 saturated carbocycles. The van der Waals surface area contributed by atoms with Crippen molar-refractivity contribution in [1.82, 2.24) is 9.80 Å². The van der Waals surface area contributed by atoms with Gasteiger partial charge < -0.3 is 14.5 Å². The zero-order valence-corrected chi connectivity index (χ0v) is 16.0. The van der Waals surface area contributed by atoms with Crippen molar-refractivity contribution >= 4 is 17.8 Å². The molecule has 3 rings (SSSR count). The lowest BCUT2D eigenvalue weighted by atomic mass is 10.1. The predicted molar refractivity (Wildman–Crippen MR) is 105 cm³/mol. The van der Waals surface area contributed by atoms with Crippen LogP contribution in [0.3, 0.4) is 0 Å². The normalized spacial score (nSPS) is 13.2. The van der Waals surface area contributed by atoms with E-state index >= 15 is 0 Å². The first-order valence-electron chi connectivity index (χ1n) is 9.39. The Morgan fingerprint density at radius 1 is 0.929 bits per heavy atom. The summed E-state index contributed by atoms with van der Waals surface area (Å²) in [6.07, 6.45) is 1.95. The van der Waals surface area contributed by atoms with Crippen LogP contribution in [-0.2, 0) is 16.1 Å². The molecule has 0 unspecified atom stereocenters. The van der Waals surface area contributed by atoms with Gasteiger partial charge in [0, 0.05) is 26.7 Å². The Bertz CT molecular complexity index is 845. The lowest BCUT2D eigenvalue weighted by Gasteiger charge is -2.19. The van der Waals surface area contributed by atoms with Gasteiger partial charge in [-0.15, -0.1) is 0 Å². The maximum atomic E-state index is 12.9. The van der Waals surface area contributed by atoms with Crippen molar-refractivity contribution in [2.75, 3.05) is 26.7 Å². The highest BCUT2D eigenvalue weighted by atomic mass is 16.5. The molecular weight excluding hydrogens is 356 g/mol. The van der Waals surface area contributed by atoms with Crippen LogP contribution in [0, 0.1) is 0 Å². The largest absolute Gasteiger partial charge is 0.452 e. The van der Waals surface area contributed by atoms with Gasteiger partial charge in [-0.25, -0.2) is 4.79 Å². The topological polar surface area (TPSA) is 66.9 Å². The summed E-state index contributed by atoms with van der Waals surface area (Å²) >= 11 is 0. The maximum absolute atomic E-state index is 12.9. The number of amides is 2. The number of benzene rings is 2. The molecule has 0 aliphatic carbocycles. The van der Waals surface area contributed by atoms with Crippen LogP contribution < -0.4 is 0 Å². The first kappa shape index (κ1) is 19.6. The number of carbonyl (C=O) groups excluding carboxylic acids is 3. The molecule has 0 radical (unpaired) electrons. The lowest BCUT2D eigenvalue weighted by Crippen LogP contribution is -2.32. The number of hydrogen-bond acceptors (Lipinski definition) is 4. The molecule has 1 fully saturated rings. The van der Waals surface area contributed by atoms with E-state index in [0.717, 1.165) is 18.4 Å². The summed E-state index contributed by atoms with van der Waals surface area (Å²) in [5.41, 5.74) is 1.43. The minimum Gasteiger partial charge on any atom is -0.452 e. The van der Waals surface area contributed by atoms with Crippen LogP contribution in [0.4, 0.5) is 0 Å². The van der Waals surface area contributed by atoms with Crippen LogP contribution >= 0.6 is 0 Å². The van der Waals surface area contributed by atoms with Crippen LogP contribution in [-0.4, -0.2) is 54.3 Å². The number of carbonyl (C=O) groups is 3. The van der Waals surface area contributed by atoms with Gasteiger partial charge in [0.1, 0.15) is 0 Å². The molecule has 1 heterocycles. The van der Waals surface area contributed by atoms with Crippen LogP contribution in [0.25, 0.3) is 0 Å². The van der Waals surface area contributed by atoms with Crippen LogP contribution in [0.1, 0.15) is 39.1 Å². The average Bonchev–Trinajstić information content (AvgIpc) is 3.27. The highest BCUT2D eigenvalue weighted by Crippen LogP contribution is 2.15. The highest BCUT2D eigenvalue weighted by Gasteiger charge is 2.23. The van der Waals surface area contributed by atoms with E-state index in [9.17, 15) is 14.4 Å². The molecular formula is C22H24N2O4. The van der Waals surface area contributed by atoms with Crippen molar-refractivity contribution in [2.24, 2.45) is 0 Å². The Hall–Kier alpha value is -3.15. The molecule has 28 heavy (non-hydrogen) atoms. The average molecular weight is 380 g/mol. The van der Waals surface area contributed by atoms with E-state index in [1.807, 2.05) is 30.3 Å². The molecule has 146 valence electrons. The lowest BCUT2D eigenvalue weighted by molar-refractivity contribution is -0.133. The molecule has 0 atom stereocenters. The summed E-state index contributed by atoms with van der Waals surface area (Å²) in [7, 11) is 1.69. The summed E-state index contributed by atoms with van der Waals surface area (Å²) in [5, 5.41) is 0. The molecule has 6 nitrogen and oxygen atoms in total. The van der Waals surface area contributed by atoms with Gasteiger partial charge in [-0.05, 0) is 30.5 Å². The first-order chi connectivity index (χ1) is 13.6. The second-order valence-corrected chi connectivity index (χ2v) is 6.86. The molecule has 0 N–H and O–H groups in total. The summed E-state index contributed by atoms with van der Waals surface area (Å²) in [5.74, 6) is -1.14. The molecule has 0 aromatic heterocycles. The number of hydrogen-bond donors (Lipinski definition) is 0.